The number of alkyl halides is 3. The molecule has 0 bridgehead atoms. The van der Waals surface area contributed by atoms with Crippen molar-refractivity contribution in [2.75, 3.05) is 5.32 Å². The van der Waals surface area contributed by atoms with Crippen LogP contribution in [0.3, 0.4) is 0 Å². The highest BCUT2D eigenvalue weighted by Crippen LogP contribution is 2.32. The van der Waals surface area contributed by atoms with Crippen molar-refractivity contribution in [2.24, 2.45) is 0 Å². The van der Waals surface area contributed by atoms with Gasteiger partial charge in [0.2, 0.25) is 9.84 Å². The molecule has 3 nitrogen and oxygen atoms in total. The van der Waals surface area contributed by atoms with Crippen molar-refractivity contribution < 1.29 is 21.6 Å². The van der Waals surface area contributed by atoms with Crippen LogP contribution in [0.15, 0.2) is 58.3 Å². The normalized spacial score (nSPS) is 12.9. The molecule has 2 aromatic carbocycles. The Balaban J connectivity index is 2.37. The van der Waals surface area contributed by atoms with E-state index >= 15 is 0 Å². The fourth-order valence-electron chi connectivity index (χ4n) is 2.13. The Morgan fingerprint density at radius 3 is 1.96 bits per heavy atom. The second-order valence-electron chi connectivity index (χ2n) is 6.43. The molecule has 1 N–H and O–H groups in total. The van der Waals surface area contributed by atoms with Crippen LogP contribution < -0.4 is 5.32 Å². The Hall–Kier alpha value is -2.02. The van der Waals surface area contributed by atoms with Crippen molar-refractivity contribution in [3.05, 3.63) is 54.1 Å². The van der Waals surface area contributed by atoms with Crippen LogP contribution in [-0.4, -0.2) is 14.0 Å². The van der Waals surface area contributed by atoms with Crippen LogP contribution in [0.2, 0.25) is 0 Å². The summed E-state index contributed by atoms with van der Waals surface area (Å²) in [6, 6.07) is 9.67. The van der Waals surface area contributed by atoms with E-state index in [9.17, 15) is 21.6 Å². The molecule has 0 fully saturated rings. The molecule has 2 rings (SSSR count). The quantitative estimate of drug-likeness (QED) is 0.862. The minimum Gasteiger partial charge on any atom is -0.380 e. The molecule has 130 valence electrons. The van der Waals surface area contributed by atoms with Crippen LogP contribution in [0.1, 0.15) is 26.3 Å². The van der Waals surface area contributed by atoms with Crippen LogP contribution in [0.4, 0.5) is 18.9 Å². The first-order valence-electron chi connectivity index (χ1n) is 7.20. The maximum absolute atomic E-state index is 12.8. The van der Waals surface area contributed by atoms with E-state index in [1.807, 2.05) is 20.8 Å². The number of hydrogen-bond acceptors (Lipinski definition) is 3. The molecule has 0 aromatic heterocycles. The van der Waals surface area contributed by atoms with Gasteiger partial charge in [0, 0.05) is 11.2 Å². The van der Waals surface area contributed by atoms with E-state index in [0.29, 0.717) is 6.07 Å². The maximum Gasteiger partial charge on any atom is 0.416 e. The molecule has 0 spiro atoms. The number of anilines is 1. The molecule has 0 unspecified atom stereocenters. The Labute approximate surface area is 139 Å². The SMILES string of the molecule is CC(C)(C)Nc1ccc(S(=O)(=O)c2cccc(C(F)(F)F)c2)cc1. The minimum atomic E-state index is -4.59. The summed E-state index contributed by atoms with van der Waals surface area (Å²) in [5.74, 6) is 0. The van der Waals surface area contributed by atoms with Crippen LogP contribution in [-0.2, 0) is 16.0 Å². The van der Waals surface area contributed by atoms with Gasteiger partial charge in [0.1, 0.15) is 0 Å². The molecule has 0 amide bonds. The molecule has 24 heavy (non-hydrogen) atoms. The predicted molar refractivity (Wildman–Crippen MR) is 86.7 cm³/mol. The van der Waals surface area contributed by atoms with Crippen LogP contribution >= 0.6 is 0 Å². The third-order valence-corrected chi connectivity index (χ3v) is 4.92. The summed E-state index contributed by atoms with van der Waals surface area (Å²) < 4.78 is 63.3. The van der Waals surface area contributed by atoms with Crippen molar-refractivity contribution in [2.45, 2.75) is 42.3 Å². The molecule has 0 aliphatic rings. The summed E-state index contributed by atoms with van der Waals surface area (Å²) in [6.45, 7) is 5.88. The molecule has 0 radical (unpaired) electrons. The van der Waals surface area contributed by atoms with E-state index in [1.165, 1.54) is 12.1 Å². The molecule has 7 heteroatoms. The number of hydrogen-bond donors (Lipinski definition) is 1. The first kappa shape index (κ1) is 18.3. The number of nitrogens with one attached hydrogen (secondary N) is 1. The van der Waals surface area contributed by atoms with Gasteiger partial charge < -0.3 is 5.32 Å². The van der Waals surface area contributed by atoms with E-state index in [4.69, 9.17) is 0 Å². The first-order chi connectivity index (χ1) is 10.9. The molecule has 0 saturated carbocycles. The van der Waals surface area contributed by atoms with Crippen LogP contribution in [0, 0.1) is 0 Å². The second-order valence-corrected chi connectivity index (χ2v) is 8.38. The van der Waals surface area contributed by atoms with Crippen molar-refractivity contribution in [3.63, 3.8) is 0 Å². The summed E-state index contributed by atoms with van der Waals surface area (Å²) in [5, 5.41) is 3.18. The lowest BCUT2D eigenvalue weighted by atomic mass is 10.1. The van der Waals surface area contributed by atoms with Crippen LogP contribution in [0.5, 0.6) is 0 Å². The molecule has 0 aliphatic carbocycles. The Morgan fingerprint density at radius 2 is 1.46 bits per heavy atom. The maximum atomic E-state index is 12.8. The van der Waals surface area contributed by atoms with Gasteiger partial charge in [-0.05, 0) is 63.2 Å². The average molecular weight is 357 g/mol. The summed E-state index contributed by atoms with van der Waals surface area (Å²) in [5.41, 5.74) is -0.457. The number of halogens is 3. The molecule has 0 atom stereocenters. The fourth-order valence-corrected chi connectivity index (χ4v) is 3.43. The lowest BCUT2D eigenvalue weighted by molar-refractivity contribution is -0.137. The number of sulfone groups is 1. The van der Waals surface area contributed by atoms with E-state index in [0.717, 1.165) is 23.9 Å². The average Bonchev–Trinajstić information content (AvgIpc) is 2.45. The van der Waals surface area contributed by atoms with Gasteiger partial charge in [-0.1, -0.05) is 6.07 Å². The van der Waals surface area contributed by atoms with E-state index < -0.39 is 21.6 Å². The first-order valence-corrected chi connectivity index (χ1v) is 8.68. The van der Waals surface area contributed by atoms with Gasteiger partial charge >= 0.3 is 6.18 Å². The monoisotopic (exact) mass is 357 g/mol. The van der Waals surface area contributed by atoms with Gasteiger partial charge in [-0.25, -0.2) is 8.42 Å². The summed E-state index contributed by atoms with van der Waals surface area (Å²) in [4.78, 5) is -0.435. The molecular formula is C17H18F3NO2S. The zero-order valence-electron chi connectivity index (χ0n) is 13.5. The van der Waals surface area contributed by atoms with Crippen molar-refractivity contribution in [1.82, 2.24) is 0 Å². The van der Waals surface area contributed by atoms with Crippen molar-refractivity contribution in [3.8, 4) is 0 Å². The third kappa shape index (κ3) is 4.29. The predicted octanol–water partition coefficient (Wildman–Crippen LogP) is 4.75. The Kier molecular flexibility index (Phi) is 4.68. The summed E-state index contributed by atoms with van der Waals surface area (Å²) in [7, 11) is -4.01. The van der Waals surface area contributed by atoms with Gasteiger partial charge in [0.15, 0.2) is 0 Å². The van der Waals surface area contributed by atoms with Crippen molar-refractivity contribution >= 4 is 15.5 Å². The second kappa shape index (κ2) is 6.12. The fraction of sp³-hybridized carbons (Fsp3) is 0.294. The highest BCUT2D eigenvalue weighted by Gasteiger charge is 2.32. The lowest BCUT2D eigenvalue weighted by Gasteiger charge is -2.22. The standard InChI is InChI=1S/C17H18F3NO2S/c1-16(2,3)21-13-7-9-14(10-8-13)24(22,23)15-6-4-5-12(11-15)17(18,19)20/h4-11,21H,1-3H3. The van der Waals surface area contributed by atoms with Gasteiger partial charge in [-0.2, -0.15) is 13.2 Å². The van der Waals surface area contributed by atoms with Crippen LogP contribution in [0.25, 0.3) is 0 Å². The van der Waals surface area contributed by atoms with Gasteiger partial charge in [0.25, 0.3) is 0 Å². The molecule has 0 heterocycles. The van der Waals surface area contributed by atoms with Gasteiger partial charge in [0.05, 0.1) is 15.4 Å². The van der Waals surface area contributed by atoms with Gasteiger partial charge in [-0.15, -0.1) is 0 Å². The molecular weight excluding hydrogens is 339 g/mol. The molecule has 0 aliphatic heterocycles. The Morgan fingerprint density at radius 1 is 0.875 bits per heavy atom. The van der Waals surface area contributed by atoms with E-state index in [1.54, 1.807) is 12.1 Å². The van der Waals surface area contributed by atoms with Gasteiger partial charge in [-0.3, -0.25) is 0 Å². The largest absolute Gasteiger partial charge is 0.416 e. The third-order valence-electron chi connectivity index (χ3n) is 3.16. The van der Waals surface area contributed by atoms with E-state index in [-0.39, 0.29) is 15.3 Å². The lowest BCUT2D eigenvalue weighted by Crippen LogP contribution is -2.25. The zero-order chi connectivity index (χ0) is 18.2. The molecule has 0 saturated heterocycles. The minimum absolute atomic E-state index is 0.0544. The highest BCUT2D eigenvalue weighted by molar-refractivity contribution is 7.91. The smallest absolute Gasteiger partial charge is 0.380 e. The number of rotatable bonds is 3. The topological polar surface area (TPSA) is 46.2 Å². The van der Waals surface area contributed by atoms with Crippen molar-refractivity contribution in [1.29, 1.82) is 0 Å². The number of benzene rings is 2. The highest BCUT2D eigenvalue weighted by atomic mass is 32.2. The zero-order valence-corrected chi connectivity index (χ0v) is 14.3. The Bertz CT molecular complexity index is 820. The summed E-state index contributed by atoms with van der Waals surface area (Å²) >= 11 is 0. The van der Waals surface area contributed by atoms with E-state index in [2.05, 4.69) is 5.32 Å². The summed E-state index contributed by atoms with van der Waals surface area (Å²) in [6.07, 6.45) is -4.59. The molecule has 2 aromatic rings.